The van der Waals surface area contributed by atoms with Crippen LogP contribution in [0.1, 0.15) is 35.9 Å². The number of nitrogens with zero attached hydrogens (tertiary/aromatic N) is 2. The van der Waals surface area contributed by atoms with Crippen LogP contribution in [0.5, 0.6) is 0 Å². The van der Waals surface area contributed by atoms with Crippen LogP contribution in [0.15, 0.2) is 29.3 Å². The van der Waals surface area contributed by atoms with Gasteiger partial charge in [-0.25, -0.2) is 9.78 Å². The molecule has 3 aromatic rings. The largest absolute Gasteiger partial charge is 0.464 e. The monoisotopic (exact) mass is 370 g/mol. The number of hydrogen-bond acceptors (Lipinski definition) is 5. The lowest BCUT2D eigenvalue weighted by molar-refractivity contribution is -0.146. The van der Waals surface area contributed by atoms with E-state index >= 15 is 0 Å². The summed E-state index contributed by atoms with van der Waals surface area (Å²) < 4.78 is 6.42. The van der Waals surface area contributed by atoms with Crippen molar-refractivity contribution in [3.8, 4) is 11.1 Å². The Morgan fingerprint density at radius 3 is 2.73 bits per heavy atom. The maximum Gasteiger partial charge on any atom is 0.328 e. The molecule has 1 unspecified atom stereocenters. The van der Waals surface area contributed by atoms with Crippen LogP contribution in [0, 0.1) is 20.8 Å². The van der Waals surface area contributed by atoms with Crippen molar-refractivity contribution in [2.45, 2.75) is 40.7 Å². The number of fused-ring (bicyclic) bond motifs is 1. The van der Waals surface area contributed by atoms with E-state index in [2.05, 4.69) is 23.2 Å². The van der Waals surface area contributed by atoms with Gasteiger partial charge in [0.25, 0.3) is 5.56 Å². The van der Waals surface area contributed by atoms with Gasteiger partial charge in [-0.1, -0.05) is 23.8 Å². The SMILES string of the molecule is CCOC(=O)C(C)n1cnc2sc(C)c(-c3cc(C)ccc3C)c2c1=O. The summed E-state index contributed by atoms with van der Waals surface area (Å²) >= 11 is 1.50. The number of ether oxygens (including phenoxy) is 1. The van der Waals surface area contributed by atoms with Crippen LogP contribution in [0.3, 0.4) is 0 Å². The highest BCUT2D eigenvalue weighted by Crippen LogP contribution is 2.37. The Balaban J connectivity index is 2.27. The van der Waals surface area contributed by atoms with Gasteiger partial charge in [-0.15, -0.1) is 11.3 Å². The van der Waals surface area contributed by atoms with E-state index in [9.17, 15) is 9.59 Å². The molecule has 0 aliphatic rings. The van der Waals surface area contributed by atoms with Gasteiger partial charge in [-0.3, -0.25) is 9.36 Å². The van der Waals surface area contributed by atoms with E-state index in [4.69, 9.17) is 4.74 Å². The molecule has 0 fully saturated rings. The van der Waals surface area contributed by atoms with Crippen molar-refractivity contribution in [1.29, 1.82) is 0 Å². The molecule has 0 bridgehead atoms. The second kappa shape index (κ2) is 7.03. The lowest BCUT2D eigenvalue weighted by atomic mass is 9.97. The molecule has 3 rings (SSSR count). The third-order valence-electron chi connectivity index (χ3n) is 4.52. The first-order valence-corrected chi connectivity index (χ1v) is 9.41. The molecule has 5 nitrogen and oxygen atoms in total. The van der Waals surface area contributed by atoms with Gasteiger partial charge in [-0.05, 0) is 45.7 Å². The Morgan fingerprint density at radius 2 is 2.04 bits per heavy atom. The maximum atomic E-state index is 13.2. The second-order valence-corrected chi connectivity index (χ2v) is 7.62. The van der Waals surface area contributed by atoms with Crippen molar-refractivity contribution < 1.29 is 9.53 Å². The van der Waals surface area contributed by atoms with E-state index in [1.54, 1.807) is 13.8 Å². The minimum Gasteiger partial charge on any atom is -0.464 e. The fraction of sp³-hybridized carbons (Fsp3) is 0.350. The first-order chi connectivity index (χ1) is 12.3. The molecule has 0 spiro atoms. The highest BCUT2D eigenvalue weighted by molar-refractivity contribution is 7.19. The Labute approximate surface area is 156 Å². The zero-order valence-corrected chi connectivity index (χ0v) is 16.4. The van der Waals surface area contributed by atoms with Crippen LogP contribution < -0.4 is 5.56 Å². The number of thiophene rings is 1. The number of benzene rings is 1. The van der Waals surface area contributed by atoms with Crippen LogP contribution in [0.4, 0.5) is 0 Å². The van der Waals surface area contributed by atoms with E-state index < -0.39 is 12.0 Å². The van der Waals surface area contributed by atoms with Gasteiger partial charge in [0, 0.05) is 10.4 Å². The summed E-state index contributed by atoms with van der Waals surface area (Å²) in [5.41, 5.74) is 3.97. The molecule has 0 aliphatic heterocycles. The molecule has 0 aliphatic carbocycles. The lowest BCUT2D eigenvalue weighted by Crippen LogP contribution is -2.29. The minimum atomic E-state index is -0.717. The Morgan fingerprint density at radius 1 is 1.31 bits per heavy atom. The smallest absolute Gasteiger partial charge is 0.328 e. The van der Waals surface area contributed by atoms with Crippen LogP contribution >= 0.6 is 11.3 Å². The van der Waals surface area contributed by atoms with Gasteiger partial charge in [0.15, 0.2) is 0 Å². The summed E-state index contributed by atoms with van der Waals surface area (Å²) in [5.74, 6) is -0.434. The van der Waals surface area contributed by atoms with Crippen molar-refractivity contribution >= 4 is 27.5 Å². The number of aryl methyl sites for hydroxylation is 3. The van der Waals surface area contributed by atoms with Gasteiger partial charge in [0.1, 0.15) is 10.9 Å². The average molecular weight is 370 g/mol. The summed E-state index contributed by atoms with van der Waals surface area (Å²) in [6.07, 6.45) is 1.44. The van der Waals surface area contributed by atoms with Gasteiger partial charge < -0.3 is 4.74 Å². The zero-order valence-electron chi connectivity index (χ0n) is 15.6. The molecule has 1 atom stereocenters. The molecular formula is C20H22N2O3S. The number of carbonyl (C=O) groups is 1. The first-order valence-electron chi connectivity index (χ1n) is 8.59. The van der Waals surface area contributed by atoms with E-state index in [1.807, 2.05) is 20.8 Å². The van der Waals surface area contributed by atoms with Crippen molar-refractivity contribution in [2.24, 2.45) is 0 Å². The molecule has 0 N–H and O–H groups in total. The molecule has 0 amide bonds. The number of aromatic nitrogens is 2. The number of esters is 1. The topological polar surface area (TPSA) is 61.2 Å². The average Bonchev–Trinajstić information content (AvgIpc) is 2.94. The summed E-state index contributed by atoms with van der Waals surface area (Å²) in [7, 11) is 0. The van der Waals surface area contributed by atoms with Crippen molar-refractivity contribution in [1.82, 2.24) is 9.55 Å². The normalized spacial score (nSPS) is 12.3. The van der Waals surface area contributed by atoms with E-state index in [1.165, 1.54) is 22.2 Å². The van der Waals surface area contributed by atoms with Crippen LogP contribution in [-0.4, -0.2) is 22.1 Å². The summed E-state index contributed by atoms with van der Waals surface area (Å²) in [4.78, 5) is 31.5. The van der Waals surface area contributed by atoms with E-state index in [-0.39, 0.29) is 12.2 Å². The minimum absolute atomic E-state index is 0.212. The lowest BCUT2D eigenvalue weighted by Gasteiger charge is -2.14. The molecule has 1 aromatic carbocycles. The van der Waals surface area contributed by atoms with Gasteiger partial charge in [0.05, 0.1) is 18.3 Å². The van der Waals surface area contributed by atoms with Crippen LogP contribution in [-0.2, 0) is 9.53 Å². The molecule has 2 aromatic heterocycles. The summed E-state index contributed by atoms with van der Waals surface area (Å²) in [5, 5.41) is 0.569. The van der Waals surface area contributed by atoms with Crippen molar-refractivity contribution in [3.05, 3.63) is 50.9 Å². The van der Waals surface area contributed by atoms with E-state index in [0.29, 0.717) is 10.2 Å². The second-order valence-electron chi connectivity index (χ2n) is 6.42. The molecule has 0 radical (unpaired) electrons. The van der Waals surface area contributed by atoms with Crippen LogP contribution in [0.25, 0.3) is 21.3 Å². The molecule has 2 heterocycles. The maximum absolute atomic E-state index is 13.2. The van der Waals surface area contributed by atoms with Gasteiger partial charge >= 0.3 is 5.97 Å². The summed E-state index contributed by atoms with van der Waals surface area (Å²) in [6, 6.07) is 5.49. The predicted octanol–water partition coefficient (Wildman–Crippen LogP) is 4.17. The molecule has 26 heavy (non-hydrogen) atoms. The van der Waals surface area contributed by atoms with E-state index in [0.717, 1.165) is 27.1 Å². The van der Waals surface area contributed by atoms with Crippen molar-refractivity contribution in [2.75, 3.05) is 6.61 Å². The number of carbonyl (C=O) groups excluding carboxylic acids is 1. The third kappa shape index (κ3) is 3.05. The standard InChI is InChI=1S/C20H22N2O3S/c1-6-25-20(24)13(4)22-10-21-18-17(19(22)23)16(14(5)26-18)15-9-11(2)7-8-12(15)3/h7-10,13H,6H2,1-5H3. The fourth-order valence-corrected chi connectivity index (χ4v) is 4.09. The Kier molecular flexibility index (Phi) is 4.96. The highest BCUT2D eigenvalue weighted by Gasteiger charge is 2.23. The van der Waals surface area contributed by atoms with Gasteiger partial charge in [-0.2, -0.15) is 0 Å². The Bertz CT molecular complexity index is 1050. The quantitative estimate of drug-likeness (QED) is 0.647. The summed E-state index contributed by atoms with van der Waals surface area (Å²) in [6.45, 7) is 9.75. The fourth-order valence-electron chi connectivity index (χ4n) is 3.10. The Hall–Kier alpha value is -2.47. The zero-order chi connectivity index (χ0) is 19.0. The first kappa shape index (κ1) is 18.3. The molecule has 6 heteroatoms. The van der Waals surface area contributed by atoms with Crippen LogP contribution in [0.2, 0.25) is 0 Å². The molecule has 0 saturated heterocycles. The number of rotatable bonds is 4. The highest BCUT2D eigenvalue weighted by atomic mass is 32.1. The predicted molar refractivity (Wildman–Crippen MR) is 105 cm³/mol. The molecule has 136 valence electrons. The van der Waals surface area contributed by atoms with Crippen molar-refractivity contribution in [3.63, 3.8) is 0 Å². The third-order valence-corrected chi connectivity index (χ3v) is 5.53. The van der Waals surface area contributed by atoms with Gasteiger partial charge in [0.2, 0.25) is 0 Å². The number of hydrogen-bond donors (Lipinski definition) is 0. The molecular weight excluding hydrogens is 348 g/mol. The molecule has 0 saturated carbocycles.